The van der Waals surface area contributed by atoms with E-state index in [-0.39, 0.29) is 0 Å². The number of alkyl halides is 1. The van der Waals surface area contributed by atoms with Gasteiger partial charge < -0.3 is 0 Å². The molecule has 0 amide bonds. The Morgan fingerprint density at radius 2 is 2.08 bits per heavy atom. The van der Waals surface area contributed by atoms with Crippen molar-refractivity contribution in [1.82, 2.24) is 4.98 Å². The van der Waals surface area contributed by atoms with Crippen LogP contribution in [0.4, 0.5) is 0 Å². The van der Waals surface area contributed by atoms with Gasteiger partial charge >= 0.3 is 0 Å². The number of rotatable bonds is 1. The molecule has 0 radical (unpaired) electrons. The van der Waals surface area contributed by atoms with E-state index in [0.29, 0.717) is 5.88 Å². The molecule has 0 fully saturated rings. The molecular weight excluding hydrogens is 182 g/mol. The first-order chi connectivity index (χ1) is 6.33. The lowest BCUT2D eigenvalue weighted by molar-refractivity contribution is 1.15. The van der Waals surface area contributed by atoms with Crippen molar-refractivity contribution in [2.45, 2.75) is 12.8 Å². The number of hydrogen-bond acceptors (Lipinski definition) is 1. The predicted octanol–water partition coefficient (Wildman–Crippen LogP) is 3.28. The lowest BCUT2D eigenvalue weighted by Gasteiger charge is -2.04. The van der Waals surface area contributed by atoms with Crippen LogP contribution in [0.5, 0.6) is 0 Å². The van der Waals surface area contributed by atoms with E-state index in [4.69, 9.17) is 11.6 Å². The fourth-order valence-corrected chi connectivity index (χ4v) is 1.76. The smallest absolute Gasteiger partial charge is 0.0650 e. The van der Waals surface area contributed by atoms with Crippen molar-refractivity contribution in [3.8, 4) is 0 Å². The Labute approximate surface area is 82.4 Å². The first-order valence-corrected chi connectivity index (χ1v) is 4.75. The fourth-order valence-electron chi connectivity index (χ4n) is 1.49. The summed E-state index contributed by atoms with van der Waals surface area (Å²) in [7, 11) is 0. The van der Waals surface area contributed by atoms with E-state index in [9.17, 15) is 0 Å². The highest BCUT2D eigenvalue weighted by Gasteiger charge is 2.02. The monoisotopic (exact) mass is 191 g/mol. The summed E-state index contributed by atoms with van der Waals surface area (Å²) in [6, 6.07) is 8.22. The van der Waals surface area contributed by atoms with Crippen molar-refractivity contribution < 1.29 is 0 Å². The molecule has 2 rings (SSSR count). The number of aromatic nitrogens is 1. The van der Waals surface area contributed by atoms with Gasteiger partial charge in [0.15, 0.2) is 0 Å². The predicted molar refractivity (Wildman–Crippen MR) is 56.0 cm³/mol. The highest BCUT2D eigenvalue weighted by atomic mass is 35.5. The Morgan fingerprint density at radius 1 is 1.31 bits per heavy atom. The lowest BCUT2D eigenvalue weighted by atomic mass is 10.1. The van der Waals surface area contributed by atoms with E-state index < -0.39 is 0 Å². The van der Waals surface area contributed by atoms with Crippen LogP contribution in [-0.2, 0) is 5.88 Å². The molecule has 0 atom stereocenters. The molecule has 0 bridgehead atoms. The highest BCUT2D eigenvalue weighted by molar-refractivity contribution is 6.17. The number of pyridine rings is 1. The molecule has 0 N–H and O–H groups in total. The van der Waals surface area contributed by atoms with Crippen LogP contribution in [0, 0.1) is 6.92 Å². The van der Waals surface area contributed by atoms with E-state index in [1.807, 2.05) is 18.3 Å². The minimum atomic E-state index is 0.483. The van der Waals surface area contributed by atoms with Gasteiger partial charge in [0, 0.05) is 11.6 Å². The molecule has 0 saturated heterocycles. The number of hydrogen-bond donors (Lipinski definition) is 0. The second-order valence-corrected chi connectivity index (χ2v) is 3.32. The summed E-state index contributed by atoms with van der Waals surface area (Å²) in [5.74, 6) is 0.483. The van der Waals surface area contributed by atoms with Gasteiger partial charge in [0.25, 0.3) is 0 Å². The Balaban J connectivity index is 2.79. The standard InChI is InChI=1S/C11H10ClN/c1-8-10-5-3-2-4-9(10)7-13-11(8)6-12/h2-5,7H,6H2,1H3. The Hall–Kier alpha value is -1.08. The van der Waals surface area contributed by atoms with Gasteiger partial charge in [0.1, 0.15) is 0 Å². The van der Waals surface area contributed by atoms with E-state index in [0.717, 1.165) is 5.69 Å². The molecular formula is C11H10ClN. The summed E-state index contributed by atoms with van der Waals surface area (Å²) < 4.78 is 0. The molecule has 0 aliphatic heterocycles. The Bertz CT molecular complexity index is 437. The summed E-state index contributed by atoms with van der Waals surface area (Å²) in [4.78, 5) is 4.29. The second kappa shape index (κ2) is 3.35. The van der Waals surface area contributed by atoms with Gasteiger partial charge in [0.05, 0.1) is 11.6 Å². The third kappa shape index (κ3) is 1.40. The van der Waals surface area contributed by atoms with Gasteiger partial charge in [-0.05, 0) is 17.9 Å². The van der Waals surface area contributed by atoms with Crippen molar-refractivity contribution in [3.63, 3.8) is 0 Å². The minimum Gasteiger partial charge on any atom is -0.259 e. The zero-order valence-electron chi connectivity index (χ0n) is 7.42. The third-order valence-corrected chi connectivity index (χ3v) is 2.54. The van der Waals surface area contributed by atoms with Crippen LogP contribution < -0.4 is 0 Å². The molecule has 2 heteroatoms. The maximum Gasteiger partial charge on any atom is 0.0650 e. The Morgan fingerprint density at radius 3 is 2.85 bits per heavy atom. The van der Waals surface area contributed by atoms with Gasteiger partial charge in [-0.3, -0.25) is 4.98 Å². The topological polar surface area (TPSA) is 12.9 Å². The van der Waals surface area contributed by atoms with Gasteiger partial charge in [-0.2, -0.15) is 0 Å². The number of aryl methyl sites for hydroxylation is 1. The van der Waals surface area contributed by atoms with Crippen LogP contribution in [0.2, 0.25) is 0 Å². The second-order valence-electron chi connectivity index (χ2n) is 3.05. The van der Waals surface area contributed by atoms with E-state index >= 15 is 0 Å². The minimum absolute atomic E-state index is 0.483. The molecule has 13 heavy (non-hydrogen) atoms. The highest BCUT2D eigenvalue weighted by Crippen LogP contribution is 2.20. The third-order valence-electron chi connectivity index (χ3n) is 2.28. The van der Waals surface area contributed by atoms with E-state index in [1.165, 1.54) is 16.3 Å². The largest absolute Gasteiger partial charge is 0.259 e. The van der Waals surface area contributed by atoms with Crippen LogP contribution in [0.15, 0.2) is 30.5 Å². The van der Waals surface area contributed by atoms with Gasteiger partial charge in [-0.15, -0.1) is 11.6 Å². The van der Waals surface area contributed by atoms with Crippen molar-refractivity contribution in [3.05, 3.63) is 41.7 Å². The van der Waals surface area contributed by atoms with Gasteiger partial charge in [0.2, 0.25) is 0 Å². The summed E-state index contributed by atoms with van der Waals surface area (Å²) in [5, 5.41) is 2.42. The zero-order valence-corrected chi connectivity index (χ0v) is 8.17. The summed E-state index contributed by atoms with van der Waals surface area (Å²) in [6.07, 6.45) is 1.88. The first kappa shape index (κ1) is 8.52. The summed E-state index contributed by atoms with van der Waals surface area (Å²) in [6.45, 7) is 2.06. The lowest BCUT2D eigenvalue weighted by Crippen LogP contribution is -1.91. The van der Waals surface area contributed by atoms with Crippen LogP contribution in [-0.4, -0.2) is 4.98 Å². The van der Waals surface area contributed by atoms with Crippen LogP contribution in [0.25, 0.3) is 10.8 Å². The number of nitrogens with zero attached hydrogens (tertiary/aromatic N) is 1. The number of benzene rings is 1. The quantitative estimate of drug-likeness (QED) is 0.631. The molecule has 1 aromatic heterocycles. The molecule has 0 aliphatic rings. The molecule has 1 aromatic carbocycles. The van der Waals surface area contributed by atoms with Crippen LogP contribution >= 0.6 is 11.6 Å². The molecule has 2 aromatic rings. The molecule has 0 unspecified atom stereocenters. The molecule has 0 spiro atoms. The van der Waals surface area contributed by atoms with E-state index in [2.05, 4.69) is 24.0 Å². The molecule has 66 valence electrons. The average Bonchev–Trinajstić information content (AvgIpc) is 2.19. The Kier molecular flexibility index (Phi) is 2.19. The van der Waals surface area contributed by atoms with Crippen molar-refractivity contribution in [2.24, 2.45) is 0 Å². The zero-order chi connectivity index (χ0) is 9.26. The number of fused-ring (bicyclic) bond motifs is 1. The molecule has 0 saturated carbocycles. The first-order valence-electron chi connectivity index (χ1n) is 4.22. The number of halogens is 1. The van der Waals surface area contributed by atoms with Gasteiger partial charge in [-0.25, -0.2) is 0 Å². The fraction of sp³-hybridized carbons (Fsp3) is 0.182. The van der Waals surface area contributed by atoms with Crippen LogP contribution in [0.3, 0.4) is 0 Å². The summed E-state index contributed by atoms with van der Waals surface area (Å²) >= 11 is 5.77. The van der Waals surface area contributed by atoms with Crippen molar-refractivity contribution >= 4 is 22.4 Å². The maximum absolute atomic E-state index is 5.77. The van der Waals surface area contributed by atoms with E-state index in [1.54, 1.807) is 0 Å². The van der Waals surface area contributed by atoms with Crippen molar-refractivity contribution in [2.75, 3.05) is 0 Å². The summed E-state index contributed by atoms with van der Waals surface area (Å²) in [5.41, 5.74) is 2.16. The molecule has 1 nitrogen and oxygen atoms in total. The molecule has 1 heterocycles. The SMILES string of the molecule is Cc1c(CCl)ncc2ccccc12. The van der Waals surface area contributed by atoms with Gasteiger partial charge in [-0.1, -0.05) is 24.3 Å². The normalized spacial score (nSPS) is 10.6. The van der Waals surface area contributed by atoms with Crippen LogP contribution in [0.1, 0.15) is 11.3 Å². The molecule has 0 aliphatic carbocycles. The maximum atomic E-state index is 5.77. The van der Waals surface area contributed by atoms with Crippen molar-refractivity contribution in [1.29, 1.82) is 0 Å². The average molecular weight is 192 g/mol.